The number of aromatic nitrogens is 1. The van der Waals surface area contributed by atoms with Gasteiger partial charge >= 0.3 is 0 Å². The number of carbonyl (C=O) groups excluding carboxylic acids is 1. The van der Waals surface area contributed by atoms with Crippen LogP contribution in [0.4, 0.5) is 0 Å². The lowest BCUT2D eigenvalue weighted by atomic mass is 10.2. The van der Waals surface area contributed by atoms with Gasteiger partial charge in [0.15, 0.2) is 0 Å². The van der Waals surface area contributed by atoms with E-state index >= 15 is 0 Å². The Morgan fingerprint density at radius 2 is 2.41 bits per heavy atom. The van der Waals surface area contributed by atoms with Gasteiger partial charge in [0.2, 0.25) is 0 Å². The largest absolute Gasteiger partial charge is 0.383 e. The topological polar surface area (TPSA) is 77.2 Å². The van der Waals surface area contributed by atoms with E-state index < -0.39 is 0 Å². The number of rotatable bonds is 6. The zero-order valence-electron chi connectivity index (χ0n) is 10.3. The van der Waals surface area contributed by atoms with Gasteiger partial charge in [0.1, 0.15) is 0 Å². The van der Waals surface area contributed by atoms with Crippen LogP contribution in [-0.4, -0.2) is 37.2 Å². The summed E-state index contributed by atoms with van der Waals surface area (Å²) < 4.78 is 4.92. The van der Waals surface area contributed by atoms with Crippen LogP contribution in [0.3, 0.4) is 0 Å². The molecular weight excluding hydrogens is 218 g/mol. The third-order valence-corrected chi connectivity index (χ3v) is 2.34. The molecule has 1 unspecified atom stereocenters. The number of ether oxygens (including phenoxy) is 1. The van der Waals surface area contributed by atoms with E-state index in [1.807, 2.05) is 6.92 Å². The first-order chi connectivity index (χ1) is 8.13. The van der Waals surface area contributed by atoms with Gasteiger partial charge in [-0.15, -0.1) is 0 Å². The fraction of sp³-hybridized carbons (Fsp3) is 0.500. The number of nitrogens with zero attached hydrogens (tertiary/aromatic N) is 1. The molecule has 5 heteroatoms. The molecule has 3 N–H and O–H groups in total. The molecule has 0 saturated heterocycles. The Hall–Kier alpha value is -1.46. The van der Waals surface area contributed by atoms with Crippen molar-refractivity contribution in [2.45, 2.75) is 19.4 Å². The van der Waals surface area contributed by atoms with Gasteiger partial charge in [0, 0.05) is 37.2 Å². The number of nitrogens with two attached hydrogens (primary N) is 1. The molecule has 17 heavy (non-hydrogen) atoms. The Balaban J connectivity index is 2.35. The van der Waals surface area contributed by atoms with E-state index in [2.05, 4.69) is 10.3 Å². The molecule has 1 atom stereocenters. The number of hydrogen-bond acceptors (Lipinski definition) is 4. The normalized spacial score (nSPS) is 12.2. The highest BCUT2D eigenvalue weighted by Crippen LogP contribution is 2.00. The fourth-order valence-electron chi connectivity index (χ4n) is 1.46. The SMILES string of the molecule is COCC(N)CCNC(=O)c1ccnc(C)c1. The lowest BCUT2D eigenvalue weighted by Gasteiger charge is -2.11. The van der Waals surface area contributed by atoms with Crippen molar-refractivity contribution in [2.75, 3.05) is 20.3 Å². The van der Waals surface area contributed by atoms with Crippen LogP contribution in [0.1, 0.15) is 22.5 Å². The second kappa shape index (κ2) is 6.98. The highest BCUT2D eigenvalue weighted by Gasteiger charge is 2.06. The van der Waals surface area contributed by atoms with E-state index in [4.69, 9.17) is 10.5 Å². The molecular formula is C12H19N3O2. The molecule has 1 heterocycles. The monoisotopic (exact) mass is 237 g/mol. The number of methoxy groups -OCH3 is 1. The van der Waals surface area contributed by atoms with Crippen LogP contribution >= 0.6 is 0 Å². The van der Waals surface area contributed by atoms with E-state index in [1.165, 1.54) is 0 Å². The summed E-state index contributed by atoms with van der Waals surface area (Å²) >= 11 is 0. The molecule has 1 aromatic heterocycles. The average molecular weight is 237 g/mol. The molecule has 0 aliphatic rings. The molecule has 0 bridgehead atoms. The molecule has 0 aliphatic heterocycles. The third-order valence-electron chi connectivity index (χ3n) is 2.34. The molecule has 0 aromatic carbocycles. The van der Waals surface area contributed by atoms with Crippen LogP contribution in [0.5, 0.6) is 0 Å². The van der Waals surface area contributed by atoms with Crippen molar-refractivity contribution in [3.63, 3.8) is 0 Å². The van der Waals surface area contributed by atoms with Gasteiger partial charge < -0.3 is 15.8 Å². The Bertz CT molecular complexity index is 369. The van der Waals surface area contributed by atoms with E-state index in [-0.39, 0.29) is 11.9 Å². The fourth-order valence-corrected chi connectivity index (χ4v) is 1.46. The predicted octanol–water partition coefficient (Wildman–Crippen LogP) is 0.484. The van der Waals surface area contributed by atoms with Crippen LogP contribution in [0.2, 0.25) is 0 Å². The minimum Gasteiger partial charge on any atom is -0.383 e. The number of pyridine rings is 1. The maximum Gasteiger partial charge on any atom is 0.251 e. The molecule has 0 aliphatic carbocycles. The van der Waals surface area contributed by atoms with Crippen molar-refractivity contribution >= 4 is 5.91 Å². The van der Waals surface area contributed by atoms with Crippen molar-refractivity contribution in [1.82, 2.24) is 10.3 Å². The van der Waals surface area contributed by atoms with Gasteiger partial charge in [0.25, 0.3) is 5.91 Å². The van der Waals surface area contributed by atoms with Gasteiger partial charge in [-0.2, -0.15) is 0 Å². The second-order valence-corrected chi connectivity index (χ2v) is 3.95. The van der Waals surface area contributed by atoms with E-state index in [1.54, 1.807) is 25.4 Å². The van der Waals surface area contributed by atoms with Crippen LogP contribution < -0.4 is 11.1 Å². The Morgan fingerprint density at radius 1 is 1.65 bits per heavy atom. The zero-order chi connectivity index (χ0) is 12.7. The van der Waals surface area contributed by atoms with Gasteiger partial charge in [-0.25, -0.2) is 0 Å². The van der Waals surface area contributed by atoms with E-state index in [9.17, 15) is 4.79 Å². The van der Waals surface area contributed by atoms with Crippen LogP contribution in [0.15, 0.2) is 18.3 Å². The van der Waals surface area contributed by atoms with Crippen LogP contribution in [0, 0.1) is 6.92 Å². The Labute approximate surface area is 101 Å². The van der Waals surface area contributed by atoms with Crippen molar-refractivity contribution in [3.8, 4) is 0 Å². The lowest BCUT2D eigenvalue weighted by molar-refractivity contribution is 0.0950. The van der Waals surface area contributed by atoms with Crippen molar-refractivity contribution in [3.05, 3.63) is 29.6 Å². The smallest absolute Gasteiger partial charge is 0.251 e. The zero-order valence-corrected chi connectivity index (χ0v) is 10.3. The van der Waals surface area contributed by atoms with Crippen LogP contribution in [0.25, 0.3) is 0 Å². The van der Waals surface area contributed by atoms with Gasteiger partial charge in [0.05, 0.1) is 6.61 Å². The molecule has 5 nitrogen and oxygen atoms in total. The highest BCUT2D eigenvalue weighted by molar-refractivity contribution is 5.94. The summed E-state index contributed by atoms with van der Waals surface area (Å²) in [5, 5.41) is 2.81. The quantitative estimate of drug-likeness (QED) is 0.754. The summed E-state index contributed by atoms with van der Waals surface area (Å²) in [6.45, 7) is 2.90. The summed E-state index contributed by atoms with van der Waals surface area (Å²) in [4.78, 5) is 15.8. The first kappa shape index (κ1) is 13.6. The average Bonchev–Trinajstić information content (AvgIpc) is 2.29. The Kier molecular flexibility index (Phi) is 5.59. The number of amides is 1. The standard InChI is InChI=1S/C12H19N3O2/c1-9-7-10(3-5-14-9)12(16)15-6-4-11(13)8-17-2/h3,5,7,11H,4,6,8,13H2,1-2H3,(H,15,16). The maximum absolute atomic E-state index is 11.7. The summed E-state index contributed by atoms with van der Waals surface area (Å²) in [6.07, 6.45) is 2.32. The number of aryl methyl sites for hydroxylation is 1. The molecule has 94 valence electrons. The first-order valence-electron chi connectivity index (χ1n) is 5.59. The van der Waals surface area contributed by atoms with Crippen molar-refractivity contribution in [1.29, 1.82) is 0 Å². The van der Waals surface area contributed by atoms with Gasteiger partial charge in [-0.1, -0.05) is 0 Å². The summed E-state index contributed by atoms with van der Waals surface area (Å²) in [7, 11) is 1.61. The third kappa shape index (κ3) is 4.93. The molecule has 1 aromatic rings. The summed E-state index contributed by atoms with van der Waals surface area (Å²) in [5.41, 5.74) is 7.20. The molecule has 1 amide bonds. The first-order valence-corrected chi connectivity index (χ1v) is 5.59. The number of hydrogen-bond donors (Lipinski definition) is 2. The predicted molar refractivity (Wildman–Crippen MR) is 65.8 cm³/mol. The molecule has 0 saturated carbocycles. The molecule has 0 radical (unpaired) electrons. The summed E-state index contributed by atoms with van der Waals surface area (Å²) in [5.74, 6) is -0.0971. The highest BCUT2D eigenvalue weighted by atomic mass is 16.5. The van der Waals surface area contributed by atoms with Gasteiger partial charge in [-0.3, -0.25) is 9.78 Å². The molecule has 0 fully saturated rings. The van der Waals surface area contributed by atoms with Crippen LogP contribution in [-0.2, 0) is 4.74 Å². The van der Waals surface area contributed by atoms with Gasteiger partial charge in [-0.05, 0) is 25.5 Å². The van der Waals surface area contributed by atoms with E-state index in [0.717, 1.165) is 5.69 Å². The van der Waals surface area contributed by atoms with Crippen molar-refractivity contribution < 1.29 is 9.53 Å². The summed E-state index contributed by atoms with van der Waals surface area (Å²) in [6, 6.07) is 3.40. The molecule has 1 rings (SSSR count). The minimum atomic E-state index is -0.0971. The maximum atomic E-state index is 11.7. The lowest BCUT2D eigenvalue weighted by Crippen LogP contribution is -2.32. The molecule has 0 spiro atoms. The number of nitrogens with one attached hydrogen (secondary N) is 1. The second-order valence-electron chi connectivity index (χ2n) is 3.95. The van der Waals surface area contributed by atoms with Crippen molar-refractivity contribution in [2.24, 2.45) is 5.73 Å². The number of carbonyl (C=O) groups is 1. The van der Waals surface area contributed by atoms with E-state index in [0.29, 0.717) is 25.1 Å². The minimum absolute atomic E-state index is 0.0422. The Morgan fingerprint density at radius 3 is 3.06 bits per heavy atom.